The zero-order valence-electron chi connectivity index (χ0n) is 11.7. The lowest BCUT2D eigenvalue weighted by molar-refractivity contribution is -0.135. The molecule has 110 valence electrons. The molecule has 1 aromatic rings. The van der Waals surface area contributed by atoms with Crippen LogP contribution in [-0.4, -0.2) is 30.1 Å². The fourth-order valence-corrected chi connectivity index (χ4v) is 1.74. The summed E-state index contributed by atoms with van der Waals surface area (Å²) in [7, 11) is 0. The summed E-state index contributed by atoms with van der Waals surface area (Å²) in [5.74, 6) is -1.01. The molecule has 5 heteroatoms. The van der Waals surface area contributed by atoms with Crippen LogP contribution < -0.4 is 10.1 Å². The highest BCUT2D eigenvalue weighted by atomic mass is 16.5. The second-order valence-electron chi connectivity index (χ2n) is 4.48. The van der Waals surface area contributed by atoms with Gasteiger partial charge in [0, 0.05) is 0 Å². The van der Waals surface area contributed by atoms with E-state index in [9.17, 15) is 9.59 Å². The maximum atomic E-state index is 11.9. The van der Waals surface area contributed by atoms with Crippen molar-refractivity contribution in [1.29, 1.82) is 0 Å². The Bertz CT molecular complexity index is 445. The molecule has 0 radical (unpaired) electrons. The van der Waals surface area contributed by atoms with Crippen molar-refractivity contribution in [2.75, 3.05) is 13.2 Å². The Morgan fingerprint density at radius 3 is 2.65 bits per heavy atom. The molecule has 2 N–H and O–H groups in total. The van der Waals surface area contributed by atoms with Gasteiger partial charge >= 0.3 is 5.97 Å². The van der Waals surface area contributed by atoms with Crippen LogP contribution in [0.1, 0.15) is 43.0 Å². The Labute approximate surface area is 118 Å². The van der Waals surface area contributed by atoms with Crippen molar-refractivity contribution >= 4 is 11.9 Å². The average Bonchev–Trinajstić information content (AvgIpc) is 2.45. The maximum Gasteiger partial charge on any atom is 0.322 e. The molecule has 0 heterocycles. The minimum Gasteiger partial charge on any atom is -0.493 e. The number of carboxylic acid groups (broad SMARTS) is 1. The van der Waals surface area contributed by atoms with Gasteiger partial charge in [-0.1, -0.05) is 38.3 Å². The zero-order valence-corrected chi connectivity index (χ0v) is 11.7. The molecular weight excluding hydrogens is 258 g/mol. The molecular formula is C15H21NO4. The molecule has 0 aliphatic rings. The molecule has 0 spiro atoms. The summed E-state index contributed by atoms with van der Waals surface area (Å²) in [6, 6.07) is 6.85. The third kappa shape index (κ3) is 5.73. The summed E-state index contributed by atoms with van der Waals surface area (Å²) in [4.78, 5) is 22.3. The van der Waals surface area contributed by atoms with Crippen molar-refractivity contribution in [3.63, 3.8) is 0 Å². The topological polar surface area (TPSA) is 75.6 Å². The van der Waals surface area contributed by atoms with Gasteiger partial charge in [0.2, 0.25) is 0 Å². The normalized spacial score (nSPS) is 10.1. The standard InChI is InChI=1S/C15H21NO4/c1-2-3-4-7-10-20-13-9-6-5-8-12(13)15(19)16-11-14(17)18/h5-6,8-9H,2-4,7,10-11H2,1H3,(H,16,19)(H,17,18). The molecule has 0 unspecified atom stereocenters. The van der Waals surface area contributed by atoms with Crippen LogP contribution >= 0.6 is 0 Å². The number of nitrogens with one attached hydrogen (secondary N) is 1. The first kappa shape index (κ1) is 16.0. The first-order chi connectivity index (χ1) is 9.65. The van der Waals surface area contributed by atoms with E-state index >= 15 is 0 Å². The minimum atomic E-state index is -1.07. The Morgan fingerprint density at radius 1 is 1.20 bits per heavy atom. The van der Waals surface area contributed by atoms with Gasteiger partial charge in [-0.25, -0.2) is 0 Å². The van der Waals surface area contributed by atoms with Gasteiger partial charge in [-0.2, -0.15) is 0 Å². The zero-order chi connectivity index (χ0) is 14.8. The monoisotopic (exact) mass is 279 g/mol. The number of benzene rings is 1. The van der Waals surface area contributed by atoms with Crippen LogP contribution in [0, 0.1) is 0 Å². The number of rotatable bonds is 9. The van der Waals surface area contributed by atoms with Crippen LogP contribution in [0.5, 0.6) is 5.75 Å². The molecule has 20 heavy (non-hydrogen) atoms. The van der Waals surface area contributed by atoms with Gasteiger partial charge in [0.05, 0.1) is 12.2 Å². The van der Waals surface area contributed by atoms with Gasteiger partial charge in [-0.15, -0.1) is 0 Å². The summed E-state index contributed by atoms with van der Waals surface area (Å²) in [6.45, 7) is 2.30. The second kappa shape index (κ2) is 8.96. The SMILES string of the molecule is CCCCCCOc1ccccc1C(=O)NCC(=O)O. The first-order valence-corrected chi connectivity index (χ1v) is 6.87. The summed E-state index contributed by atoms with van der Waals surface area (Å²) >= 11 is 0. The van der Waals surface area contributed by atoms with Crippen molar-refractivity contribution in [1.82, 2.24) is 5.32 Å². The molecule has 0 aliphatic heterocycles. The Morgan fingerprint density at radius 2 is 1.95 bits per heavy atom. The predicted octanol–water partition coefficient (Wildman–Crippen LogP) is 2.46. The number of aliphatic carboxylic acids is 1. The van der Waals surface area contributed by atoms with Crippen LogP contribution in [0.15, 0.2) is 24.3 Å². The van der Waals surface area contributed by atoms with Crippen LogP contribution in [0.25, 0.3) is 0 Å². The highest BCUT2D eigenvalue weighted by Gasteiger charge is 2.12. The number of ether oxygens (including phenoxy) is 1. The lowest BCUT2D eigenvalue weighted by Crippen LogP contribution is -2.29. The maximum absolute atomic E-state index is 11.9. The molecule has 1 rings (SSSR count). The van der Waals surface area contributed by atoms with E-state index in [1.807, 2.05) is 0 Å². The third-order valence-corrected chi connectivity index (χ3v) is 2.79. The fraction of sp³-hybridized carbons (Fsp3) is 0.467. The van der Waals surface area contributed by atoms with Crippen molar-refractivity contribution in [2.24, 2.45) is 0 Å². The van der Waals surface area contributed by atoms with E-state index in [0.29, 0.717) is 17.9 Å². The van der Waals surface area contributed by atoms with Gasteiger partial charge in [-0.3, -0.25) is 9.59 Å². The van der Waals surface area contributed by atoms with E-state index < -0.39 is 18.4 Å². The number of hydrogen-bond acceptors (Lipinski definition) is 3. The average molecular weight is 279 g/mol. The van der Waals surface area contributed by atoms with Crippen LogP contribution in [0.2, 0.25) is 0 Å². The Hall–Kier alpha value is -2.04. The van der Waals surface area contributed by atoms with Crippen LogP contribution in [0.3, 0.4) is 0 Å². The van der Waals surface area contributed by atoms with Crippen molar-refractivity contribution < 1.29 is 19.4 Å². The fourth-order valence-electron chi connectivity index (χ4n) is 1.74. The Kier molecular flexibility index (Phi) is 7.17. The summed E-state index contributed by atoms with van der Waals surface area (Å²) in [6.07, 6.45) is 4.38. The van der Waals surface area contributed by atoms with Crippen LogP contribution in [-0.2, 0) is 4.79 Å². The first-order valence-electron chi connectivity index (χ1n) is 6.87. The largest absolute Gasteiger partial charge is 0.493 e. The molecule has 5 nitrogen and oxygen atoms in total. The Balaban J connectivity index is 2.54. The van der Waals surface area contributed by atoms with E-state index in [0.717, 1.165) is 19.3 Å². The van der Waals surface area contributed by atoms with Crippen LogP contribution in [0.4, 0.5) is 0 Å². The van der Waals surface area contributed by atoms with Gasteiger partial charge in [0.25, 0.3) is 5.91 Å². The van der Waals surface area contributed by atoms with E-state index in [1.54, 1.807) is 24.3 Å². The van der Waals surface area contributed by atoms with E-state index in [2.05, 4.69) is 12.2 Å². The highest BCUT2D eigenvalue weighted by molar-refractivity contribution is 5.98. The molecule has 1 aromatic carbocycles. The molecule has 1 amide bonds. The minimum absolute atomic E-state index is 0.365. The van der Waals surface area contributed by atoms with E-state index in [1.165, 1.54) is 6.42 Å². The number of hydrogen-bond donors (Lipinski definition) is 2. The number of unbranched alkanes of at least 4 members (excludes halogenated alkanes) is 3. The van der Waals surface area contributed by atoms with Gasteiger partial charge in [0.15, 0.2) is 0 Å². The van der Waals surface area contributed by atoms with Gasteiger partial charge < -0.3 is 15.2 Å². The summed E-state index contributed by atoms with van der Waals surface area (Å²) in [5.41, 5.74) is 0.365. The van der Waals surface area contributed by atoms with Gasteiger partial charge in [-0.05, 0) is 18.6 Å². The molecule has 0 atom stereocenters. The lowest BCUT2D eigenvalue weighted by Gasteiger charge is -2.11. The number of amides is 1. The predicted molar refractivity (Wildman–Crippen MR) is 76.0 cm³/mol. The lowest BCUT2D eigenvalue weighted by atomic mass is 10.2. The third-order valence-electron chi connectivity index (χ3n) is 2.79. The number of carbonyl (C=O) groups is 2. The molecule has 0 fully saturated rings. The van der Waals surface area contributed by atoms with Crippen molar-refractivity contribution in [3.05, 3.63) is 29.8 Å². The van der Waals surface area contributed by atoms with E-state index in [4.69, 9.17) is 9.84 Å². The molecule has 0 saturated heterocycles. The molecule has 0 saturated carbocycles. The number of carbonyl (C=O) groups excluding carboxylic acids is 1. The van der Waals surface area contributed by atoms with Crippen molar-refractivity contribution in [2.45, 2.75) is 32.6 Å². The van der Waals surface area contributed by atoms with Gasteiger partial charge in [0.1, 0.15) is 12.3 Å². The summed E-state index contributed by atoms with van der Waals surface area (Å²) in [5, 5.41) is 10.9. The second-order valence-corrected chi connectivity index (χ2v) is 4.48. The quantitative estimate of drug-likeness (QED) is 0.681. The summed E-state index contributed by atoms with van der Waals surface area (Å²) < 4.78 is 5.60. The highest BCUT2D eigenvalue weighted by Crippen LogP contribution is 2.18. The van der Waals surface area contributed by atoms with Crippen molar-refractivity contribution in [3.8, 4) is 5.75 Å². The molecule has 0 bridgehead atoms. The smallest absolute Gasteiger partial charge is 0.322 e. The number of para-hydroxylation sites is 1. The molecule has 0 aliphatic carbocycles. The van der Waals surface area contributed by atoms with E-state index in [-0.39, 0.29) is 0 Å². The molecule has 0 aromatic heterocycles. The number of carboxylic acids is 1.